The van der Waals surface area contributed by atoms with Crippen molar-refractivity contribution in [2.24, 2.45) is 0 Å². The van der Waals surface area contributed by atoms with Crippen molar-refractivity contribution < 1.29 is 9.66 Å². The zero-order valence-electron chi connectivity index (χ0n) is 15.4. The summed E-state index contributed by atoms with van der Waals surface area (Å²) in [7, 11) is 0. The van der Waals surface area contributed by atoms with Crippen LogP contribution in [0.3, 0.4) is 0 Å². The van der Waals surface area contributed by atoms with Gasteiger partial charge in [-0.3, -0.25) is 19.3 Å². The Morgan fingerprint density at radius 2 is 1.79 bits per heavy atom. The normalized spacial score (nSPS) is 10.8. The highest BCUT2D eigenvalue weighted by Gasteiger charge is 2.13. The van der Waals surface area contributed by atoms with E-state index in [0.29, 0.717) is 29.1 Å². The van der Waals surface area contributed by atoms with Gasteiger partial charge in [-0.1, -0.05) is 36.4 Å². The van der Waals surface area contributed by atoms with E-state index in [0.717, 1.165) is 5.56 Å². The van der Waals surface area contributed by atoms with Gasteiger partial charge in [-0.15, -0.1) is 0 Å². The number of fused-ring (bicyclic) bond motifs is 1. The topological polar surface area (TPSA) is 86.7 Å². The molecule has 0 bridgehead atoms. The van der Waals surface area contributed by atoms with E-state index in [4.69, 9.17) is 4.74 Å². The molecule has 0 saturated heterocycles. The number of rotatable bonds is 6. The number of nitro groups is 1. The van der Waals surface area contributed by atoms with Crippen LogP contribution in [0.5, 0.6) is 5.75 Å². The predicted molar refractivity (Wildman–Crippen MR) is 108 cm³/mol. The summed E-state index contributed by atoms with van der Waals surface area (Å²) >= 11 is 0. The Kier molecular flexibility index (Phi) is 5.03. The van der Waals surface area contributed by atoms with Crippen LogP contribution in [0.2, 0.25) is 0 Å². The van der Waals surface area contributed by atoms with Crippen LogP contribution in [0.4, 0.5) is 5.69 Å². The summed E-state index contributed by atoms with van der Waals surface area (Å²) in [6.07, 6.45) is 2.15. The van der Waals surface area contributed by atoms with E-state index >= 15 is 0 Å². The van der Waals surface area contributed by atoms with E-state index in [2.05, 4.69) is 4.98 Å². The van der Waals surface area contributed by atoms with Crippen molar-refractivity contribution >= 4 is 11.3 Å². The Morgan fingerprint density at radius 1 is 1.00 bits per heavy atom. The molecule has 2 heterocycles. The van der Waals surface area contributed by atoms with Crippen molar-refractivity contribution in [2.75, 3.05) is 0 Å². The second-order valence-electron chi connectivity index (χ2n) is 6.51. The predicted octanol–water partition coefficient (Wildman–Crippen LogP) is 3.77. The van der Waals surface area contributed by atoms with Crippen LogP contribution in [0.25, 0.3) is 5.65 Å². The molecule has 0 atom stereocenters. The lowest BCUT2D eigenvalue weighted by Crippen LogP contribution is -2.16. The molecule has 0 unspecified atom stereocenters. The number of hydrogen-bond donors (Lipinski definition) is 0. The molecule has 2 aromatic carbocycles. The molecule has 0 aliphatic rings. The number of nitro benzene ring substituents is 1. The van der Waals surface area contributed by atoms with Gasteiger partial charge < -0.3 is 4.74 Å². The van der Waals surface area contributed by atoms with E-state index < -0.39 is 4.92 Å². The first kappa shape index (κ1) is 18.4. The molecular formula is C22H17N3O4. The van der Waals surface area contributed by atoms with Crippen LogP contribution in [-0.4, -0.2) is 14.3 Å². The Hall–Kier alpha value is -4.00. The number of nitrogens with zero attached hydrogens (tertiary/aromatic N) is 3. The molecule has 144 valence electrons. The van der Waals surface area contributed by atoms with Crippen molar-refractivity contribution in [3.05, 3.63) is 116 Å². The zero-order valence-corrected chi connectivity index (χ0v) is 15.4. The van der Waals surface area contributed by atoms with E-state index in [1.54, 1.807) is 30.5 Å². The number of pyridine rings is 1. The standard InChI is InChI=1S/C22H17N3O4/c26-22-14-18(23-21-8-4-5-11-24(21)22)15-29-20-10-9-19(25(27)28)13-17(20)12-16-6-2-1-3-7-16/h1-11,13-14H,12,15H2. The minimum Gasteiger partial charge on any atom is -0.487 e. The summed E-state index contributed by atoms with van der Waals surface area (Å²) < 4.78 is 7.36. The van der Waals surface area contributed by atoms with Crippen LogP contribution in [-0.2, 0) is 13.0 Å². The van der Waals surface area contributed by atoms with E-state index in [1.165, 1.54) is 22.6 Å². The van der Waals surface area contributed by atoms with Crippen LogP contribution >= 0.6 is 0 Å². The summed E-state index contributed by atoms with van der Waals surface area (Å²) in [5, 5.41) is 11.2. The third kappa shape index (κ3) is 4.14. The van der Waals surface area contributed by atoms with Crippen LogP contribution < -0.4 is 10.3 Å². The maximum atomic E-state index is 12.2. The van der Waals surface area contributed by atoms with Crippen molar-refractivity contribution in [2.45, 2.75) is 13.0 Å². The average molecular weight is 387 g/mol. The fraction of sp³-hybridized carbons (Fsp3) is 0.0909. The Balaban J connectivity index is 1.62. The van der Waals surface area contributed by atoms with E-state index in [-0.39, 0.29) is 17.9 Å². The molecule has 0 aliphatic carbocycles. The van der Waals surface area contributed by atoms with E-state index in [9.17, 15) is 14.9 Å². The zero-order chi connectivity index (χ0) is 20.2. The summed E-state index contributed by atoms with van der Waals surface area (Å²) in [4.78, 5) is 27.4. The lowest BCUT2D eigenvalue weighted by Gasteiger charge is -2.12. The van der Waals surface area contributed by atoms with Gasteiger partial charge in [0.25, 0.3) is 11.2 Å². The fourth-order valence-corrected chi connectivity index (χ4v) is 3.10. The smallest absolute Gasteiger partial charge is 0.269 e. The molecule has 2 aromatic heterocycles. The second kappa shape index (κ2) is 7.93. The van der Waals surface area contributed by atoms with Crippen molar-refractivity contribution in [3.63, 3.8) is 0 Å². The summed E-state index contributed by atoms with van der Waals surface area (Å²) in [5.41, 5.74) is 2.55. The molecule has 7 nitrogen and oxygen atoms in total. The first-order chi connectivity index (χ1) is 14.1. The molecule has 4 aromatic rings. The molecule has 0 aliphatic heterocycles. The average Bonchev–Trinajstić information content (AvgIpc) is 2.73. The fourth-order valence-electron chi connectivity index (χ4n) is 3.10. The highest BCUT2D eigenvalue weighted by atomic mass is 16.6. The maximum absolute atomic E-state index is 12.2. The van der Waals surface area contributed by atoms with Gasteiger partial charge in [0.1, 0.15) is 18.0 Å². The molecule has 7 heteroatoms. The number of aromatic nitrogens is 2. The highest BCUT2D eigenvalue weighted by Crippen LogP contribution is 2.27. The van der Waals surface area contributed by atoms with E-state index in [1.807, 2.05) is 30.3 Å². The van der Waals surface area contributed by atoms with Gasteiger partial charge in [-0.05, 0) is 23.8 Å². The first-order valence-corrected chi connectivity index (χ1v) is 9.01. The molecule has 0 N–H and O–H groups in total. The van der Waals surface area contributed by atoms with Crippen LogP contribution in [0, 0.1) is 10.1 Å². The first-order valence-electron chi connectivity index (χ1n) is 9.01. The number of ether oxygens (including phenoxy) is 1. The lowest BCUT2D eigenvalue weighted by atomic mass is 10.0. The maximum Gasteiger partial charge on any atom is 0.269 e. The summed E-state index contributed by atoms with van der Waals surface area (Å²) in [5.74, 6) is 0.523. The second-order valence-corrected chi connectivity index (χ2v) is 6.51. The third-order valence-corrected chi connectivity index (χ3v) is 4.49. The van der Waals surface area contributed by atoms with Crippen LogP contribution in [0.1, 0.15) is 16.8 Å². The Bertz CT molecular complexity index is 1240. The molecule has 0 amide bonds. The van der Waals surface area contributed by atoms with Gasteiger partial charge >= 0.3 is 0 Å². The molecule has 0 radical (unpaired) electrons. The SMILES string of the molecule is O=c1cc(COc2ccc([N+](=O)[O-])cc2Cc2ccccc2)nc2ccccn12. The van der Waals surface area contributed by atoms with Gasteiger partial charge in [-0.25, -0.2) is 4.98 Å². The quantitative estimate of drug-likeness (QED) is 0.371. The lowest BCUT2D eigenvalue weighted by molar-refractivity contribution is -0.384. The van der Waals surface area contributed by atoms with Gasteiger partial charge in [0.15, 0.2) is 0 Å². The summed E-state index contributed by atoms with van der Waals surface area (Å²) in [6, 6.07) is 20.9. The van der Waals surface area contributed by atoms with Gasteiger partial charge in [0.05, 0.1) is 10.6 Å². The highest BCUT2D eigenvalue weighted by molar-refractivity contribution is 5.46. The Morgan fingerprint density at radius 3 is 2.59 bits per heavy atom. The number of non-ortho nitro benzene ring substituents is 1. The molecule has 0 fully saturated rings. The molecular weight excluding hydrogens is 370 g/mol. The molecule has 0 spiro atoms. The van der Waals surface area contributed by atoms with Gasteiger partial charge in [0.2, 0.25) is 0 Å². The van der Waals surface area contributed by atoms with Gasteiger partial charge in [0, 0.05) is 36.4 Å². The van der Waals surface area contributed by atoms with Crippen molar-refractivity contribution in [1.29, 1.82) is 0 Å². The largest absolute Gasteiger partial charge is 0.487 e. The molecule has 4 rings (SSSR count). The third-order valence-electron chi connectivity index (χ3n) is 4.49. The Labute approximate surface area is 166 Å². The molecule has 0 saturated carbocycles. The van der Waals surface area contributed by atoms with Crippen LogP contribution in [0.15, 0.2) is 83.8 Å². The minimum atomic E-state index is -0.426. The number of hydrogen-bond acceptors (Lipinski definition) is 5. The number of benzene rings is 2. The van der Waals surface area contributed by atoms with Crippen molar-refractivity contribution in [3.8, 4) is 5.75 Å². The van der Waals surface area contributed by atoms with Crippen molar-refractivity contribution in [1.82, 2.24) is 9.38 Å². The van der Waals surface area contributed by atoms with Gasteiger partial charge in [-0.2, -0.15) is 0 Å². The monoisotopic (exact) mass is 387 g/mol. The molecule has 29 heavy (non-hydrogen) atoms. The minimum absolute atomic E-state index is 0.00496. The summed E-state index contributed by atoms with van der Waals surface area (Å²) in [6.45, 7) is 0.0836.